The lowest BCUT2D eigenvalue weighted by Gasteiger charge is -2.15. The molecule has 1 amide bonds. The Bertz CT molecular complexity index is 1250. The Morgan fingerprint density at radius 2 is 1.53 bits per heavy atom. The van der Waals surface area contributed by atoms with Gasteiger partial charge in [-0.3, -0.25) is 14.3 Å². The Labute approximate surface area is 186 Å². The van der Waals surface area contributed by atoms with E-state index in [1.165, 1.54) is 57.5 Å². The van der Waals surface area contributed by atoms with Crippen molar-refractivity contribution in [1.82, 2.24) is 0 Å². The highest BCUT2D eigenvalue weighted by Crippen LogP contribution is 2.30. The van der Waals surface area contributed by atoms with E-state index in [0.29, 0.717) is 22.7 Å². The smallest absolute Gasteiger partial charge is 0.261 e. The normalized spacial score (nSPS) is 10.8. The van der Waals surface area contributed by atoms with Crippen LogP contribution in [0.3, 0.4) is 0 Å². The van der Waals surface area contributed by atoms with E-state index >= 15 is 0 Å². The molecule has 0 aromatic heterocycles. The number of methoxy groups -OCH3 is 2. The predicted molar refractivity (Wildman–Crippen MR) is 121 cm³/mol. The van der Waals surface area contributed by atoms with Crippen molar-refractivity contribution in [2.45, 2.75) is 11.8 Å². The molecule has 0 atom stereocenters. The lowest BCUT2D eigenvalue weighted by Crippen LogP contribution is -2.19. The van der Waals surface area contributed by atoms with Crippen LogP contribution in [0.25, 0.3) is 0 Å². The van der Waals surface area contributed by atoms with Crippen LogP contribution in [0.15, 0.2) is 71.6 Å². The third-order valence-corrected chi connectivity index (χ3v) is 6.03. The highest BCUT2D eigenvalue weighted by molar-refractivity contribution is 7.92. The zero-order valence-electron chi connectivity index (χ0n) is 17.7. The van der Waals surface area contributed by atoms with Gasteiger partial charge in [0.1, 0.15) is 11.5 Å². The average Bonchev–Trinajstić information content (AvgIpc) is 2.79. The summed E-state index contributed by atoms with van der Waals surface area (Å²) < 4.78 is 38.5. The van der Waals surface area contributed by atoms with Gasteiger partial charge in [0.05, 0.1) is 36.1 Å². The molecule has 9 heteroatoms. The summed E-state index contributed by atoms with van der Waals surface area (Å²) in [4.78, 5) is 24.3. The van der Waals surface area contributed by atoms with Crippen LogP contribution >= 0.6 is 0 Å². The van der Waals surface area contributed by atoms with Gasteiger partial charge in [-0.1, -0.05) is 24.3 Å². The zero-order chi connectivity index (χ0) is 23.3. The summed E-state index contributed by atoms with van der Waals surface area (Å²) >= 11 is 0. The number of nitrogens with one attached hydrogen (secondary N) is 2. The Kier molecular flexibility index (Phi) is 6.79. The molecule has 0 radical (unpaired) electrons. The van der Waals surface area contributed by atoms with Crippen molar-refractivity contribution in [3.05, 3.63) is 77.9 Å². The number of amides is 1. The molecule has 0 aliphatic heterocycles. The molecule has 3 rings (SSSR count). The van der Waals surface area contributed by atoms with Crippen molar-refractivity contribution < 1.29 is 27.5 Å². The van der Waals surface area contributed by atoms with Crippen molar-refractivity contribution >= 4 is 33.1 Å². The predicted octanol–water partition coefficient (Wildman–Crippen LogP) is 3.96. The summed E-state index contributed by atoms with van der Waals surface area (Å²) in [6, 6.07) is 16.7. The highest BCUT2D eigenvalue weighted by Gasteiger charge is 2.20. The van der Waals surface area contributed by atoms with Crippen molar-refractivity contribution in [2.75, 3.05) is 24.3 Å². The van der Waals surface area contributed by atoms with E-state index in [1.54, 1.807) is 30.3 Å². The molecule has 0 bridgehead atoms. The minimum Gasteiger partial charge on any atom is -0.497 e. The fourth-order valence-corrected chi connectivity index (χ4v) is 4.01. The molecule has 0 aliphatic rings. The maximum atomic E-state index is 12.9. The lowest BCUT2D eigenvalue weighted by molar-refractivity contribution is 0.101. The number of carbonyl (C=O) groups is 2. The number of rotatable bonds is 8. The molecule has 0 spiro atoms. The van der Waals surface area contributed by atoms with Gasteiger partial charge < -0.3 is 14.8 Å². The van der Waals surface area contributed by atoms with Gasteiger partial charge in [-0.25, -0.2) is 8.42 Å². The van der Waals surface area contributed by atoms with Gasteiger partial charge >= 0.3 is 0 Å². The highest BCUT2D eigenvalue weighted by atomic mass is 32.2. The van der Waals surface area contributed by atoms with Gasteiger partial charge in [0.15, 0.2) is 5.78 Å². The summed E-state index contributed by atoms with van der Waals surface area (Å²) in [6.45, 7) is 1.40. The molecule has 0 saturated heterocycles. The first-order chi connectivity index (χ1) is 15.2. The number of benzene rings is 3. The average molecular weight is 455 g/mol. The number of carbonyl (C=O) groups excluding carboxylic acids is 2. The Balaban J connectivity index is 1.87. The van der Waals surface area contributed by atoms with Crippen LogP contribution in [0.4, 0.5) is 11.4 Å². The number of hydrogen-bond acceptors (Lipinski definition) is 6. The van der Waals surface area contributed by atoms with Gasteiger partial charge in [-0.2, -0.15) is 0 Å². The third kappa shape index (κ3) is 5.06. The van der Waals surface area contributed by atoms with Crippen LogP contribution in [0.1, 0.15) is 27.6 Å². The molecule has 3 aromatic carbocycles. The maximum Gasteiger partial charge on any atom is 0.261 e. The zero-order valence-corrected chi connectivity index (χ0v) is 18.5. The second-order valence-corrected chi connectivity index (χ2v) is 8.43. The molecule has 0 unspecified atom stereocenters. The first-order valence-corrected chi connectivity index (χ1v) is 11.0. The fraction of sp³-hybridized carbons (Fsp3) is 0.130. The number of sulfonamides is 1. The molecule has 8 nitrogen and oxygen atoms in total. The van der Waals surface area contributed by atoms with E-state index in [2.05, 4.69) is 10.0 Å². The molecule has 3 aromatic rings. The first kappa shape index (κ1) is 22.8. The van der Waals surface area contributed by atoms with E-state index in [1.807, 2.05) is 0 Å². The van der Waals surface area contributed by atoms with Gasteiger partial charge in [-0.15, -0.1) is 0 Å². The van der Waals surface area contributed by atoms with Crippen LogP contribution in [0.2, 0.25) is 0 Å². The first-order valence-electron chi connectivity index (χ1n) is 9.51. The molecule has 0 fully saturated rings. The van der Waals surface area contributed by atoms with Crippen molar-refractivity contribution in [1.29, 1.82) is 0 Å². The molecule has 2 N–H and O–H groups in total. The van der Waals surface area contributed by atoms with Crippen LogP contribution in [-0.2, 0) is 10.0 Å². The second-order valence-electron chi connectivity index (χ2n) is 6.75. The van der Waals surface area contributed by atoms with Gasteiger partial charge in [-0.05, 0) is 43.3 Å². The molecule has 32 heavy (non-hydrogen) atoms. The van der Waals surface area contributed by atoms with Gasteiger partial charge in [0.2, 0.25) is 0 Å². The Morgan fingerprint density at radius 1 is 0.844 bits per heavy atom. The Hall–Kier alpha value is -3.85. The SMILES string of the molecule is COc1ccc(NC(=O)c2ccccc2NS(=O)(=O)c2ccc(C(C)=O)cc2)c(OC)c1. The van der Waals surface area contributed by atoms with Crippen molar-refractivity contribution in [3.8, 4) is 11.5 Å². The number of ketones is 1. The number of ether oxygens (including phenoxy) is 2. The van der Waals surface area contributed by atoms with E-state index in [-0.39, 0.29) is 21.9 Å². The summed E-state index contributed by atoms with van der Waals surface area (Å²) in [5, 5.41) is 2.72. The number of hydrogen-bond donors (Lipinski definition) is 2. The molecule has 0 aliphatic carbocycles. The number of anilines is 2. The van der Waals surface area contributed by atoms with E-state index in [9.17, 15) is 18.0 Å². The van der Waals surface area contributed by atoms with E-state index in [4.69, 9.17) is 9.47 Å². The summed E-state index contributed by atoms with van der Waals surface area (Å²) in [6.07, 6.45) is 0. The number of para-hydroxylation sites is 1. The molecular weight excluding hydrogens is 432 g/mol. The third-order valence-electron chi connectivity index (χ3n) is 4.64. The van der Waals surface area contributed by atoms with Gasteiger partial charge in [0.25, 0.3) is 15.9 Å². The molecule has 0 saturated carbocycles. The quantitative estimate of drug-likeness (QED) is 0.499. The van der Waals surface area contributed by atoms with Crippen LogP contribution in [0.5, 0.6) is 11.5 Å². The lowest BCUT2D eigenvalue weighted by atomic mass is 10.1. The van der Waals surface area contributed by atoms with Crippen LogP contribution < -0.4 is 19.5 Å². The summed E-state index contributed by atoms with van der Waals surface area (Å²) in [5.74, 6) is 0.252. The minimum atomic E-state index is -3.99. The van der Waals surface area contributed by atoms with Crippen LogP contribution in [-0.4, -0.2) is 34.3 Å². The standard InChI is InChI=1S/C23H22N2O6S/c1-15(26)16-8-11-18(12-9-16)32(28,29)25-20-7-5-4-6-19(20)23(27)24-21-13-10-17(30-2)14-22(21)31-3/h4-14,25H,1-3H3,(H,24,27). The van der Waals surface area contributed by atoms with E-state index in [0.717, 1.165) is 0 Å². The fourth-order valence-electron chi connectivity index (χ4n) is 2.93. The van der Waals surface area contributed by atoms with Crippen molar-refractivity contribution in [2.24, 2.45) is 0 Å². The minimum absolute atomic E-state index is 0.0328. The number of Topliss-reactive ketones (excluding diaryl/α,β-unsaturated/α-hetero) is 1. The molecule has 166 valence electrons. The largest absolute Gasteiger partial charge is 0.497 e. The molecular formula is C23H22N2O6S. The summed E-state index contributed by atoms with van der Waals surface area (Å²) in [7, 11) is -1.01. The van der Waals surface area contributed by atoms with Gasteiger partial charge in [0, 0.05) is 11.6 Å². The van der Waals surface area contributed by atoms with Crippen LogP contribution in [0, 0.1) is 0 Å². The topological polar surface area (TPSA) is 111 Å². The molecule has 0 heterocycles. The summed E-state index contributed by atoms with van der Waals surface area (Å²) in [5.41, 5.74) is 1.02. The second kappa shape index (κ2) is 9.52. The maximum absolute atomic E-state index is 12.9. The van der Waals surface area contributed by atoms with E-state index < -0.39 is 15.9 Å². The van der Waals surface area contributed by atoms with Crippen molar-refractivity contribution in [3.63, 3.8) is 0 Å². The monoisotopic (exact) mass is 454 g/mol. The Morgan fingerprint density at radius 3 is 2.16 bits per heavy atom.